The Hall–Kier alpha value is -1.72. The maximum Gasteiger partial charge on any atom is 0.162 e. The summed E-state index contributed by atoms with van der Waals surface area (Å²) in [7, 11) is 0. The van der Waals surface area contributed by atoms with Gasteiger partial charge >= 0.3 is 0 Å². The van der Waals surface area contributed by atoms with Gasteiger partial charge in [0.15, 0.2) is 11.5 Å². The Morgan fingerprint density at radius 1 is 0.900 bits per heavy atom. The molecule has 0 spiro atoms. The Morgan fingerprint density at radius 3 is 2.40 bits per heavy atom. The van der Waals surface area contributed by atoms with E-state index in [4.69, 9.17) is 32.7 Å². The first-order valence-corrected chi connectivity index (χ1v) is 11.4. The van der Waals surface area contributed by atoms with Gasteiger partial charge in [0.25, 0.3) is 0 Å². The standard InChI is InChI=1S/C24H24BrCl2NO2/c1-2-29-23-12-19(15-28-11-10-17-6-4-3-5-7-17)21(25)14-24(23)30-16-18-8-9-20(26)13-22(18)27/h3-9,12-14,28H,2,10-11,15-16H2,1H3. The third-order valence-electron chi connectivity index (χ3n) is 4.56. The van der Waals surface area contributed by atoms with Crippen molar-refractivity contribution in [1.29, 1.82) is 0 Å². The Bertz CT molecular complexity index is 967. The second-order valence-corrected chi connectivity index (χ2v) is 8.46. The van der Waals surface area contributed by atoms with E-state index >= 15 is 0 Å². The predicted molar refractivity (Wildman–Crippen MR) is 128 cm³/mol. The van der Waals surface area contributed by atoms with Gasteiger partial charge < -0.3 is 14.8 Å². The average Bonchev–Trinajstić information content (AvgIpc) is 2.74. The zero-order valence-electron chi connectivity index (χ0n) is 16.8. The molecule has 0 radical (unpaired) electrons. The fraction of sp³-hybridized carbons (Fsp3) is 0.250. The van der Waals surface area contributed by atoms with E-state index in [-0.39, 0.29) is 0 Å². The summed E-state index contributed by atoms with van der Waals surface area (Å²) < 4.78 is 12.8. The van der Waals surface area contributed by atoms with Gasteiger partial charge in [0, 0.05) is 26.6 Å². The minimum Gasteiger partial charge on any atom is -0.490 e. The Morgan fingerprint density at radius 2 is 1.67 bits per heavy atom. The lowest BCUT2D eigenvalue weighted by Gasteiger charge is -2.16. The number of nitrogens with one attached hydrogen (secondary N) is 1. The second kappa shape index (κ2) is 11.6. The number of halogens is 3. The lowest BCUT2D eigenvalue weighted by atomic mass is 10.1. The van der Waals surface area contributed by atoms with Gasteiger partial charge in [-0.1, -0.05) is 75.5 Å². The van der Waals surface area contributed by atoms with Crippen molar-refractivity contribution in [3.63, 3.8) is 0 Å². The molecule has 30 heavy (non-hydrogen) atoms. The Kier molecular flexibility index (Phi) is 8.88. The van der Waals surface area contributed by atoms with Crippen LogP contribution in [-0.4, -0.2) is 13.2 Å². The molecule has 0 unspecified atom stereocenters. The van der Waals surface area contributed by atoms with Gasteiger partial charge in [-0.25, -0.2) is 0 Å². The smallest absolute Gasteiger partial charge is 0.162 e. The maximum atomic E-state index is 6.26. The van der Waals surface area contributed by atoms with Gasteiger partial charge in [0.05, 0.1) is 6.61 Å². The molecule has 3 rings (SSSR count). The van der Waals surface area contributed by atoms with Gasteiger partial charge in [0.1, 0.15) is 6.61 Å². The molecule has 0 saturated carbocycles. The molecular formula is C24H24BrCl2NO2. The topological polar surface area (TPSA) is 30.5 Å². The third kappa shape index (κ3) is 6.64. The zero-order valence-corrected chi connectivity index (χ0v) is 19.9. The van der Waals surface area contributed by atoms with Crippen LogP contribution in [0.4, 0.5) is 0 Å². The van der Waals surface area contributed by atoms with Crippen LogP contribution in [0, 0.1) is 0 Å². The van der Waals surface area contributed by atoms with Crippen molar-refractivity contribution in [3.8, 4) is 11.5 Å². The quantitative estimate of drug-likeness (QED) is 0.297. The molecule has 0 aliphatic carbocycles. The Labute approximate surface area is 196 Å². The molecule has 0 fully saturated rings. The molecule has 3 nitrogen and oxygen atoms in total. The van der Waals surface area contributed by atoms with Gasteiger partial charge in [-0.3, -0.25) is 0 Å². The molecule has 0 bridgehead atoms. The minimum absolute atomic E-state index is 0.331. The van der Waals surface area contributed by atoms with Crippen LogP contribution in [-0.2, 0) is 19.6 Å². The number of ether oxygens (including phenoxy) is 2. The molecule has 0 aliphatic heterocycles. The van der Waals surface area contributed by atoms with Crippen molar-refractivity contribution in [1.82, 2.24) is 5.32 Å². The van der Waals surface area contributed by atoms with E-state index in [2.05, 4.69) is 45.5 Å². The van der Waals surface area contributed by atoms with E-state index in [9.17, 15) is 0 Å². The highest BCUT2D eigenvalue weighted by Crippen LogP contribution is 2.35. The van der Waals surface area contributed by atoms with Crippen LogP contribution in [0.5, 0.6) is 11.5 Å². The van der Waals surface area contributed by atoms with Crippen LogP contribution >= 0.6 is 39.1 Å². The van der Waals surface area contributed by atoms with Crippen molar-refractivity contribution < 1.29 is 9.47 Å². The minimum atomic E-state index is 0.331. The highest BCUT2D eigenvalue weighted by Gasteiger charge is 2.12. The molecule has 0 amide bonds. The van der Waals surface area contributed by atoms with Crippen LogP contribution in [0.15, 0.2) is 65.1 Å². The summed E-state index contributed by atoms with van der Waals surface area (Å²) in [6.07, 6.45) is 0.986. The largest absolute Gasteiger partial charge is 0.490 e. The van der Waals surface area contributed by atoms with Crippen LogP contribution in [0.2, 0.25) is 10.0 Å². The first kappa shape index (κ1) is 23.0. The van der Waals surface area contributed by atoms with E-state index in [1.807, 2.05) is 31.2 Å². The average molecular weight is 509 g/mol. The van der Waals surface area contributed by atoms with Crippen LogP contribution in [0.3, 0.4) is 0 Å². The summed E-state index contributed by atoms with van der Waals surface area (Å²) in [5, 5.41) is 4.68. The van der Waals surface area contributed by atoms with Gasteiger partial charge in [-0.2, -0.15) is 0 Å². The summed E-state index contributed by atoms with van der Waals surface area (Å²) in [5.41, 5.74) is 3.30. The molecular weight excluding hydrogens is 485 g/mol. The molecule has 0 aliphatic rings. The lowest BCUT2D eigenvalue weighted by Crippen LogP contribution is -2.17. The van der Waals surface area contributed by atoms with Crippen molar-refractivity contribution in [2.75, 3.05) is 13.2 Å². The maximum absolute atomic E-state index is 6.26. The van der Waals surface area contributed by atoms with Crippen molar-refractivity contribution in [2.45, 2.75) is 26.5 Å². The summed E-state index contributed by atoms with van der Waals surface area (Å²) in [6.45, 7) is 4.47. The number of benzene rings is 3. The Balaban J connectivity index is 1.64. The molecule has 0 atom stereocenters. The van der Waals surface area contributed by atoms with E-state index in [0.29, 0.717) is 34.8 Å². The zero-order chi connectivity index (χ0) is 21.3. The van der Waals surface area contributed by atoms with Gasteiger partial charge in [0.2, 0.25) is 0 Å². The van der Waals surface area contributed by atoms with Gasteiger partial charge in [-0.15, -0.1) is 0 Å². The third-order valence-corrected chi connectivity index (χ3v) is 5.88. The molecule has 3 aromatic carbocycles. The van der Waals surface area contributed by atoms with E-state index in [1.165, 1.54) is 5.56 Å². The fourth-order valence-electron chi connectivity index (χ4n) is 2.99. The number of hydrogen-bond acceptors (Lipinski definition) is 3. The molecule has 1 N–H and O–H groups in total. The summed E-state index contributed by atoms with van der Waals surface area (Å²) in [4.78, 5) is 0. The normalized spacial score (nSPS) is 10.8. The molecule has 0 aromatic heterocycles. The summed E-state index contributed by atoms with van der Waals surface area (Å²) in [6, 6.07) is 19.8. The van der Waals surface area contributed by atoms with Crippen molar-refractivity contribution in [3.05, 3.63) is 91.9 Å². The van der Waals surface area contributed by atoms with Crippen LogP contribution < -0.4 is 14.8 Å². The number of rotatable bonds is 10. The van der Waals surface area contributed by atoms with Crippen LogP contribution in [0.1, 0.15) is 23.6 Å². The van der Waals surface area contributed by atoms with Crippen molar-refractivity contribution in [2.24, 2.45) is 0 Å². The molecule has 0 heterocycles. The first-order chi connectivity index (χ1) is 14.6. The molecule has 158 valence electrons. The fourth-order valence-corrected chi connectivity index (χ4v) is 3.91. The first-order valence-electron chi connectivity index (χ1n) is 9.83. The monoisotopic (exact) mass is 507 g/mol. The highest BCUT2D eigenvalue weighted by atomic mass is 79.9. The predicted octanol–water partition coefficient (Wildman–Crippen LogP) is 7.07. The molecule has 6 heteroatoms. The van der Waals surface area contributed by atoms with Gasteiger partial charge in [-0.05, 0) is 55.3 Å². The SMILES string of the molecule is CCOc1cc(CNCCc2ccccc2)c(Br)cc1OCc1ccc(Cl)cc1Cl. The lowest BCUT2D eigenvalue weighted by molar-refractivity contribution is 0.269. The number of hydrogen-bond donors (Lipinski definition) is 1. The summed E-state index contributed by atoms with van der Waals surface area (Å²) >= 11 is 15.9. The van der Waals surface area contributed by atoms with E-state index in [0.717, 1.165) is 35.1 Å². The van der Waals surface area contributed by atoms with E-state index < -0.39 is 0 Å². The van der Waals surface area contributed by atoms with E-state index in [1.54, 1.807) is 12.1 Å². The molecule has 3 aromatic rings. The van der Waals surface area contributed by atoms with Crippen LogP contribution in [0.25, 0.3) is 0 Å². The second-order valence-electron chi connectivity index (χ2n) is 6.76. The molecule has 0 saturated heterocycles. The summed E-state index contributed by atoms with van der Waals surface area (Å²) in [5.74, 6) is 1.38. The highest BCUT2D eigenvalue weighted by molar-refractivity contribution is 9.10. The van der Waals surface area contributed by atoms with Crippen molar-refractivity contribution >= 4 is 39.1 Å².